The van der Waals surface area contributed by atoms with Gasteiger partial charge in [0, 0.05) is 42.8 Å². The van der Waals surface area contributed by atoms with Crippen LogP contribution in [0.25, 0.3) is 0 Å². The van der Waals surface area contributed by atoms with Gasteiger partial charge < -0.3 is 14.6 Å². The molecule has 2 heterocycles. The maximum atomic E-state index is 12.6. The Kier molecular flexibility index (Phi) is 6.72. The average molecular weight is 395 g/mol. The van der Waals surface area contributed by atoms with E-state index in [4.69, 9.17) is 4.74 Å². The summed E-state index contributed by atoms with van der Waals surface area (Å²) >= 11 is 2.95. The molecule has 142 valence electrons. The van der Waals surface area contributed by atoms with Gasteiger partial charge in [-0.15, -0.1) is 10.2 Å². The summed E-state index contributed by atoms with van der Waals surface area (Å²) in [5.74, 6) is 0.560. The van der Waals surface area contributed by atoms with Gasteiger partial charge in [-0.05, 0) is 46.1 Å². The minimum Gasteiger partial charge on any atom is -0.382 e. The molecule has 6 nitrogen and oxygen atoms in total. The highest BCUT2D eigenvalue weighted by Crippen LogP contribution is 2.38. The van der Waals surface area contributed by atoms with Crippen molar-refractivity contribution in [2.24, 2.45) is 0 Å². The number of carbonyl (C=O) groups excluding carboxylic acids is 1. The monoisotopic (exact) mass is 394 g/mol. The van der Waals surface area contributed by atoms with Crippen LogP contribution in [0.5, 0.6) is 0 Å². The van der Waals surface area contributed by atoms with Crippen LogP contribution >= 0.6 is 23.1 Å². The quantitative estimate of drug-likeness (QED) is 0.351. The fourth-order valence-corrected chi connectivity index (χ4v) is 4.67. The number of anilines is 1. The van der Waals surface area contributed by atoms with Gasteiger partial charge in [0.05, 0.1) is 5.75 Å². The summed E-state index contributed by atoms with van der Waals surface area (Å²) in [6.07, 6.45) is 3.39. The van der Waals surface area contributed by atoms with Gasteiger partial charge in [0.15, 0.2) is 10.1 Å². The van der Waals surface area contributed by atoms with Gasteiger partial charge in [0.2, 0.25) is 5.13 Å². The number of nitrogens with zero attached hydrogens (tertiary/aromatic N) is 3. The third-order valence-electron chi connectivity index (χ3n) is 4.38. The van der Waals surface area contributed by atoms with Crippen molar-refractivity contribution in [1.29, 1.82) is 0 Å². The summed E-state index contributed by atoms with van der Waals surface area (Å²) in [7, 11) is 0. The summed E-state index contributed by atoms with van der Waals surface area (Å²) in [6, 6.07) is 2.63. The Morgan fingerprint density at radius 3 is 2.96 bits per heavy atom. The lowest BCUT2D eigenvalue weighted by Crippen LogP contribution is -2.05. The SMILES string of the molecule is CCOCCCNc1nnc(SCC(=O)c2cc(C)n(C3CC3)c2C)s1. The van der Waals surface area contributed by atoms with E-state index in [-0.39, 0.29) is 5.78 Å². The van der Waals surface area contributed by atoms with Crippen molar-refractivity contribution in [1.82, 2.24) is 14.8 Å². The first-order valence-corrected chi connectivity index (χ1v) is 10.9. The fourth-order valence-electron chi connectivity index (χ4n) is 3.01. The largest absolute Gasteiger partial charge is 0.382 e. The van der Waals surface area contributed by atoms with Gasteiger partial charge in [-0.25, -0.2) is 0 Å². The zero-order chi connectivity index (χ0) is 18.5. The van der Waals surface area contributed by atoms with E-state index in [2.05, 4.69) is 33.9 Å². The first-order valence-electron chi connectivity index (χ1n) is 9.09. The number of ketones is 1. The van der Waals surface area contributed by atoms with E-state index >= 15 is 0 Å². The molecule has 0 unspecified atom stereocenters. The van der Waals surface area contributed by atoms with Crippen molar-refractivity contribution in [2.75, 3.05) is 30.8 Å². The first-order chi connectivity index (χ1) is 12.6. The molecule has 1 fully saturated rings. The highest BCUT2D eigenvalue weighted by Gasteiger charge is 2.28. The van der Waals surface area contributed by atoms with Crippen LogP contribution in [-0.2, 0) is 4.74 Å². The smallest absolute Gasteiger partial charge is 0.206 e. The number of rotatable bonds is 11. The van der Waals surface area contributed by atoms with Gasteiger partial charge in [-0.3, -0.25) is 4.79 Å². The Bertz CT molecular complexity index is 752. The summed E-state index contributed by atoms with van der Waals surface area (Å²) in [5.41, 5.74) is 3.14. The molecule has 26 heavy (non-hydrogen) atoms. The van der Waals surface area contributed by atoms with Crippen LogP contribution in [0, 0.1) is 13.8 Å². The van der Waals surface area contributed by atoms with Crippen LogP contribution in [0.2, 0.25) is 0 Å². The summed E-state index contributed by atoms with van der Waals surface area (Å²) in [4.78, 5) is 12.6. The van der Waals surface area contributed by atoms with E-state index < -0.39 is 0 Å². The Labute approximate surface area is 162 Å². The van der Waals surface area contributed by atoms with Gasteiger partial charge in [0.1, 0.15) is 0 Å². The van der Waals surface area contributed by atoms with Gasteiger partial charge >= 0.3 is 0 Å². The van der Waals surface area contributed by atoms with Crippen LogP contribution in [0.15, 0.2) is 10.4 Å². The van der Waals surface area contributed by atoms with E-state index in [1.165, 1.54) is 41.6 Å². The molecular formula is C18H26N4O2S2. The molecule has 1 saturated carbocycles. The molecule has 0 aromatic carbocycles. The van der Waals surface area contributed by atoms with Crippen molar-refractivity contribution >= 4 is 34.0 Å². The third-order valence-corrected chi connectivity index (χ3v) is 6.39. The van der Waals surface area contributed by atoms with Gasteiger partial charge in [-0.1, -0.05) is 23.1 Å². The Morgan fingerprint density at radius 1 is 1.42 bits per heavy atom. The van der Waals surface area contributed by atoms with E-state index in [9.17, 15) is 4.79 Å². The van der Waals surface area contributed by atoms with E-state index in [0.29, 0.717) is 11.8 Å². The molecule has 2 aromatic heterocycles. The van der Waals surface area contributed by atoms with Crippen molar-refractivity contribution in [3.63, 3.8) is 0 Å². The second kappa shape index (κ2) is 9.01. The predicted molar refractivity (Wildman–Crippen MR) is 107 cm³/mol. The molecule has 3 rings (SSSR count). The molecule has 1 aliphatic rings. The lowest BCUT2D eigenvalue weighted by molar-refractivity contribution is 0.102. The number of thioether (sulfide) groups is 1. The zero-order valence-corrected chi connectivity index (χ0v) is 17.2. The molecular weight excluding hydrogens is 368 g/mol. The molecule has 0 saturated heterocycles. The number of Topliss-reactive ketones (excluding diaryl/α,β-unsaturated/α-hetero) is 1. The lowest BCUT2D eigenvalue weighted by atomic mass is 10.2. The number of nitrogens with one attached hydrogen (secondary N) is 1. The van der Waals surface area contributed by atoms with Gasteiger partial charge in [-0.2, -0.15) is 0 Å². The molecule has 0 bridgehead atoms. The number of aromatic nitrogens is 3. The van der Waals surface area contributed by atoms with Crippen LogP contribution in [0.3, 0.4) is 0 Å². The topological polar surface area (TPSA) is 69.0 Å². The molecule has 0 aliphatic heterocycles. The summed E-state index contributed by atoms with van der Waals surface area (Å²) in [5, 5.41) is 12.3. The average Bonchev–Trinajstić information content (AvgIpc) is 3.27. The minimum atomic E-state index is 0.163. The van der Waals surface area contributed by atoms with E-state index in [0.717, 1.165) is 46.9 Å². The molecule has 2 aromatic rings. The van der Waals surface area contributed by atoms with Crippen LogP contribution in [0.4, 0.5) is 5.13 Å². The third kappa shape index (κ3) is 4.86. The van der Waals surface area contributed by atoms with Crippen LogP contribution in [-0.4, -0.2) is 46.1 Å². The Balaban J connectivity index is 1.48. The summed E-state index contributed by atoms with van der Waals surface area (Å²) in [6.45, 7) is 8.44. The van der Waals surface area contributed by atoms with Crippen LogP contribution < -0.4 is 5.32 Å². The molecule has 8 heteroatoms. The first kappa shape index (κ1) is 19.4. The normalized spacial score (nSPS) is 14.0. The molecule has 0 spiro atoms. The molecule has 0 atom stereocenters. The highest BCUT2D eigenvalue weighted by atomic mass is 32.2. The number of aryl methyl sites for hydroxylation is 1. The minimum absolute atomic E-state index is 0.163. The Morgan fingerprint density at radius 2 is 2.23 bits per heavy atom. The van der Waals surface area contributed by atoms with Crippen molar-refractivity contribution in [2.45, 2.75) is 50.4 Å². The Hall–Kier alpha value is -1.38. The maximum Gasteiger partial charge on any atom is 0.206 e. The van der Waals surface area contributed by atoms with Crippen molar-refractivity contribution in [3.8, 4) is 0 Å². The van der Waals surface area contributed by atoms with Crippen molar-refractivity contribution in [3.05, 3.63) is 23.0 Å². The highest BCUT2D eigenvalue weighted by molar-refractivity contribution is 8.01. The number of hydrogen-bond acceptors (Lipinski definition) is 7. The van der Waals surface area contributed by atoms with Crippen molar-refractivity contribution < 1.29 is 9.53 Å². The van der Waals surface area contributed by atoms with E-state index in [1.807, 2.05) is 13.0 Å². The van der Waals surface area contributed by atoms with E-state index in [1.54, 1.807) is 0 Å². The fraction of sp³-hybridized carbons (Fsp3) is 0.611. The zero-order valence-electron chi connectivity index (χ0n) is 15.6. The molecule has 0 amide bonds. The van der Waals surface area contributed by atoms with Crippen LogP contribution in [0.1, 0.15) is 54.0 Å². The number of carbonyl (C=O) groups is 1. The molecule has 1 N–H and O–H groups in total. The standard InChI is InChI=1S/C18H26N4O2S2/c1-4-24-9-5-8-19-17-20-21-18(26-17)25-11-16(23)15-10-12(2)22(13(15)3)14-6-7-14/h10,14H,4-9,11H2,1-3H3,(H,19,20). The lowest BCUT2D eigenvalue weighted by Gasteiger charge is -2.07. The molecule has 0 radical (unpaired) electrons. The second-order valence-electron chi connectivity index (χ2n) is 6.45. The number of ether oxygens (including phenoxy) is 1. The van der Waals surface area contributed by atoms with Gasteiger partial charge in [0.25, 0.3) is 0 Å². The second-order valence-corrected chi connectivity index (χ2v) is 8.65. The summed E-state index contributed by atoms with van der Waals surface area (Å²) < 4.78 is 8.44. The predicted octanol–water partition coefficient (Wildman–Crippen LogP) is 4.10. The maximum absolute atomic E-state index is 12.6. The number of hydrogen-bond donors (Lipinski definition) is 1. The molecule has 1 aliphatic carbocycles.